The van der Waals surface area contributed by atoms with Crippen LogP contribution >= 0.6 is 11.9 Å². The lowest BCUT2D eigenvalue weighted by Gasteiger charge is -2.21. The molecule has 17 heavy (non-hydrogen) atoms. The van der Waals surface area contributed by atoms with Crippen LogP contribution in [-0.4, -0.2) is 42.3 Å². The Hall–Kier alpha value is 0.190. The van der Waals surface area contributed by atoms with Crippen LogP contribution in [0, 0.1) is 0 Å². The topological polar surface area (TPSA) is 56.3 Å². The molecule has 104 valence electrons. The Morgan fingerprint density at radius 3 is 2.53 bits per heavy atom. The van der Waals surface area contributed by atoms with E-state index in [1.54, 1.807) is 11.9 Å². The van der Waals surface area contributed by atoms with Gasteiger partial charge in [-0.3, -0.25) is 4.72 Å². The molecule has 0 aliphatic carbocycles. The zero-order chi connectivity index (χ0) is 13.1. The number of nitrogens with one attached hydrogen (secondary N) is 3. The Kier molecular flexibility index (Phi) is 10.3. The first-order valence-corrected chi connectivity index (χ1v) is 7.42. The lowest BCUT2D eigenvalue weighted by molar-refractivity contribution is 0.244. The maximum atomic E-state index is 9.21. The molecule has 0 fully saturated rings. The molecule has 1 atom stereocenters. The van der Waals surface area contributed by atoms with Crippen LogP contribution in [0.25, 0.3) is 0 Å². The summed E-state index contributed by atoms with van der Waals surface area (Å²) >= 11 is 1.65. The summed E-state index contributed by atoms with van der Waals surface area (Å²) in [5, 5.41) is 15.9. The van der Waals surface area contributed by atoms with Crippen LogP contribution in [-0.2, 0) is 0 Å². The third-order valence-electron chi connectivity index (χ3n) is 2.14. The highest BCUT2D eigenvalue weighted by atomic mass is 32.2. The number of hydrogen-bond donors (Lipinski definition) is 4. The molecular weight excluding hydrogens is 234 g/mol. The molecule has 0 aromatic carbocycles. The van der Waals surface area contributed by atoms with Crippen molar-refractivity contribution in [1.82, 2.24) is 15.4 Å². The fourth-order valence-corrected chi connectivity index (χ4v) is 2.02. The van der Waals surface area contributed by atoms with Gasteiger partial charge < -0.3 is 15.7 Å². The molecule has 0 aliphatic heterocycles. The Balaban J connectivity index is 3.47. The summed E-state index contributed by atoms with van der Waals surface area (Å²) < 4.78 is 3.33. The predicted molar refractivity (Wildman–Crippen MR) is 77.1 cm³/mol. The Morgan fingerprint density at radius 2 is 2.00 bits per heavy atom. The molecular formula is C12H29N3OS. The lowest BCUT2D eigenvalue weighted by Crippen LogP contribution is -2.42. The maximum absolute atomic E-state index is 9.21. The van der Waals surface area contributed by atoms with Crippen LogP contribution in [0.5, 0.6) is 0 Å². The minimum Gasteiger partial charge on any atom is -0.395 e. The summed E-state index contributed by atoms with van der Waals surface area (Å²) in [6, 6.07) is 0.140. The summed E-state index contributed by atoms with van der Waals surface area (Å²) in [5.41, 5.74) is 0.125. The summed E-state index contributed by atoms with van der Waals surface area (Å²) in [6.07, 6.45) is 2.40. The molecule has 0 rings (SSSR count). The normalized spacial score (nSPS) is 13.9. The van der Waals surface area contributed by atoms with Crippen LogP contribution in [0.3, 0.4) is 0 Å². The first-order chi connectivity index (χ1) is 7.99. The SMILES string of the molecule is CCCCNCC(CO)NCSNC(C)(C)C. The number of aliphatic hydroxyl groups excluding tert-OH is 1. The molecule has 0 spiro atoms. The van der Waals surface area contributed by atoms with Gasteiger partial charge in [-0.05, 0) is 33.7 Å². The van der Waals surface area contributed by atoms with Crippen molar-refractivity contribution in [2.45, 2.75) is 52.1 Å². The van der Waals surface area contributed by atoms with Crippen molar-refractivity contribution in [2.75, 3.05) is 25.6 Å². The summed E-state index contributed by atoms with van der Waals surface area (Å²) in [6.45, 7) is 10.6. The molecule has 0 saturated carbocycles. The van der Waals surface area contributed by atoms with E-state index in [-0.39, 0.29) is 18.2 Å². The van der Waals surface area contributed by atoms with Gasteiger partial charge in [-0.25, -0.2) is 0 Å². The number of rotatable bonds is 10. The van der Waals surface area contributed by atoms with Gasteiger partial charge in [-0.2, -0.15) is 0 Å². The minimum atomic E-state index is 0.125. The smallest absolute Gasteiger partial charge is 0.0597 e. The van der Waals surface area contributed by atoms with Crippen molar-refractivity contribution in [2.24, 2.45) is 0 Å². The van der Waals surface area contributed by atoms with Gasteiger partial charge in [-0.1, -0.05) is 25.3 Å². The van der Waals surface area contributed by atoms with Crippen LogP contribution in [0.4, 0.5) is 0 Å². The fraction of sp³-hybridized carbons (Fsp3) is 1.00. The van der Waals surface area contributed by atoms with Gasteiger partial charge in [0.1, 0.15) is 0 Å². The van der Waals surface area contributed by atoms with Gasteiger partial charge in [0, 0.05) is 18.1 Å². The van der Waals surface area contributed by atoms with E-state index in [0.29, 0.717) is 0 Å². The van der Waals surface area contributed by atoms with Crippen LogP contribution < -0.4 is 15.4 Å². The molecule has 0 bridgehead atoms. The van der Waals surface area contributed by atoms with E-state index in [1.807, 2.05) is 0 Å². The zero-order valence-corrected chi connectivity index (χ0v) is 12.5. The van der Waals surface area contributed by atoms with Crippen molar-refractivity contribution >= 4 is 11.9 Å². The van der Waals surface area contributed by atoms with Crippen molar-refractivity contribution in [3.63, 3.8) is 0 Å². The maximum Gasteiger partial charge on any atom is 0.0597 e. The summed E-state index contributed by atoms with van der Waals surface area (Å²) in [7, 11) is 0. The number of hydrogen-bond acceptors (Lipinski definition) is 5. The van der Waals surface area contributed by atoms with Crippen LogP contribution in [0.15, 0.2) is 0 Å². The molecule has 4 N–H and O–H groups in total. The quantitative estimate of drug-likeness (QED) is 0.272. The third-order valence-corrected chi connectivity index (χ3v) is 3.21. The van der Waals surface area contributed by atoms with E-state index in [1.165, 1.54) is 12.8 Å². The summed E-state index contributed by atoms with van der Waals surface area (Å²) in [5.74, 6) is 0.804. The van der Waals surface area contributed by atoms with Gasteiger partial charge in [-0.15, -0.1) is 0 Å². The molecule has 0 saturated heterocycles. The first kappa shape index (κ1) is 17.2. The second-order valence-corrected chi connectivity index (χ2v) is 6.06. The molecule has 1 unspecified atom stereocenters. The van der Waals surface area contributed by atoms with Crippen molar-refractivity contribution < 1.29 is 5.11 Å². The second kappa shape index (κ2) is 10.1. The van der Waals surface area contributed by atoms with E-state index < -0.39 is 0 Å². The molecule has 0 heterocycles. The second-order valence-electron chi connectivity index (χ2n) is 5.28. The Labute approximate surface area is 110 Å². The van der Waals surface area contributed by atoms with Crippen molar-refractivity contribution in [1.29, 1.82) is 0 Å². The molecule has 0 radical (unpaired) electrons. The highest BCUT2D eigenvalue weighted by Gasteiger charge is 2.09. The largest absolute Gasteiger partial charge is 0.395 e. The lowest BCUT2D eigenvalue weighted by atomic mass is 10.1. The molecule has 0 aromatic rings. The van der Waals surface area contributed by atoms with Crippen LogP contribution in [0.1, 0.15) is 40.5 Å². The standard InChI is InChI=1S/C12H29N3OS/c1-5-6-7-13-8-11(9-16)14-10-17-15-12(2,3)4/h11,13-16H,5-10H2,1-4H3. The average molecular weight is 263 g/mol. The van der Waals surface area contributed by atoms with Crippen LogP contribution in [0.2, 0.25) is 0 Å². The average Bonchev–Trinajstić information content (AvgIpc) is 2.25. The van der Waals surface area contributed by atoms with Crippen molar-refractivity contribution in [3.8, 4) is 0 Å². The Morgan fingerprint density at radius 1 is 1.29 bits per heavy atom. The van der Waals surface area contributed by atoms with E-state index >= 15 is 0 Å². The highest BCUT2D eigenvalue weighted by molar-refractivity contribution is 7.97. The third kappa shape index (κ3) is 12.4. The molecule has 4 nitrogen and oxygen atoms in total. The van der Waals surface area contributed by atoms with Crippen molar-refractivity contribution in [3.05, 3.63) is 0 Å². The van der Waals surface area contributed by atoms with Gasteiger partial charge in [0.15, 0.2) is 0 Å². The fourth-order valence-electron chi connectivity index (χ4n) is 1.19. The van der Waals surface area contributed by atoms with Gasteiger partial charge in [0.25, 0.3) is 0 Å². The molecule has 0 aromatic heterocycles. The summed E-state index contributed by atoms with van der Waals surface area (Å²) in [4.78, 5) is 0. The monoisotopic (exact) mass is 263 g/mol. The molecule has 5 heteroatoms. The van der Waals surface area contributed by atoms with E-state index in [4.69, 9.17) is 0 Å². The van der Waals surface area contributed by atoms with E-state index in [9.17, 15) is 5.11 Å². The number of unbranched alkanes of at least 4 members (excludes halogenated alkanes) is 1. The Bertz CT molecular complexity index is 174. The molecule has 0 amide bonds. The minimum absolute atomic E-state index is 0.125. The first-order valence-electron chi connectivity index (χ1n) is 6.43. The van der Waals surface area contributed by atoms with Gasteiger partial charge in [0.2, 0.25) is 0 Å². The number of aliphatic hydroxyl groups is 1. The van der Waals surface area contributed by atoms with Gasteiger partial charge >= 0.3 is 0 Å². The molecule has 0 aliphatic rings. The zero-order valence-electron chi connectivity index (χ0n) is 11.7. The van der Waals surface area contributed by atoms with E-state index in [2.05, 4.69) is 43.1 Å². The highest BCUT2D eigenvalue weighted by Crippen LogP contribution is 2.05. The van der Waals surface area contributed by atoms with Gasteiger partial charge in [0.05, 0.1) is 12.5 Å². The predicted octanol–water partition coefficient (Wildman–Crippen LogP) is 1.32. The van der Waals surface area contributed by atoms with E-state index in [0.717, 1.165) is 19.0 Å².